The molecule has 4 heteroatoms. The normalized spacial score (nSPS) is 16.2. The molecule has 1 fully saturated rings. The van der Waals surface area contributed by atoms with Gasteiger partial charge >= 0.3 is 0 Å². The van der Waals surface area contributed by atoms with Crippen LogP contribution < -0.4 is 5.73 Å². The van der Waals surface area contributed by atoms with E-state index in [1.165, 1.54) is 11.3 Å². The first-order chi connectivity index (χ1) is 6.81. The van der Waals surface area contributed by atoms with Crippen molar-refractivity contribution in [3.63, 3.8) is 0 Å². The number of rotatable bonds is 2. The lowest BCUT2D eigenvalue weighted by Crippen LogP contribution is -2.26. The van der Waals surface area contributed by atoms with Gasteiger partial charge in [-0.25, -0.2) is 0 Å². The molecule has 0 aliphatic carbocycles. The van der Waals surface area contributed by atoms with Crippen molar-refractivity contribution in [1.29, 1.82) is 0 Å². The molecule has 2 heterocycles. The summed E-state index contributed by atoms with van der Waals surface area (Å²) in [5, 5.41) is 0. The Hall–Kier alpha value is -0.870. The average molecular weight is 210 g/mol. The van der Waals surface area contributed by atoms with Crippen LogP contribution in [0.15, 0.2) is 12.1 Å². The first-order valence-electron chi connectivity index (χ1n) is 4.89. The SMILES string of the molecule is NCc1ccc(C(=O)N2CCCC2)s1. The molecular formula is C10H14N2OS. The Bertz CT molecular complexity index is 329. The number of nitrogens with two attached hydrogens (primary N) is 1. The highest BCUT2D eigenvalue weighted by atomic mass is 32.1. The van der Waals surface area contributed by atoms with Gasteiger partial charge in [-0.15, -0.1) is 11.3 Å². The van der Waals surface area contributed by atoms with Crippen molar-refractivity contribution in [3.8, 4) is 0 Å². The molecule has 1 saturated heterocycles. The number of carbonyl (C=O) groups excluding carboxylic acids is 1. The minimum Gasteiger partial charge on any atom is -0.338 e. The summed E-state index contributed by atoms with van der Waals surface area (Å²) >= 11 is 1.51. The van der Waals surface area contributed by atoms with Crippen molar-refractivity contribution >= 4 is 17.2 Å². The van der Waals surface area contributed by atoms with Gasteiger partial charge in [-0.2, -0.15) is 0 Å². The van der Waals surface area contributed by atoms with E-state index in [1.54, 1.807) is 0 Å². The number of hydrogen-bond donors (Lipinski definition) is 1. The number of hydrogen-bond acceptors (Lipinski definition) is 3. The molecule has 0 atom stereocenters. The molecule has 1 aromatic rings. The fourth-order valence-electron chi connectivity index (χ4n) is 1.68. The van der Waals surface area contributed by atoms with Crippen LogP contribution in [0.3, 0.4) is 0 Å². The van der Waals surface area contributed by atoms with E-state index < -0.39 is 0 Å². The molecule has 2 N–H and O–H groups in total. The smallest absolute Gasteiger partial charge is 0.263 e. The van der Waals surface area contributed by atoms with E-state index in [9.17, 15) is 4.79 Å². The molecule has 3 nitrogen and oxygen atoms in total. The van der Waals surface area contributed by atoms with Crippen molar-refractivity contribution in [2.24, 2.45) is 5.73 Å². The highest BCUT2D eigenvalue weighted by molar-refractivity contribution is 7.14. The van der Waals surface area contributed by atoms with Crippen LogP contribution in [0.2, 0.25) is 0 Å². The molecule has 1 aliphatic rings. The van der Waals surface area contributed by atoms with Crippen molar-refractivity contribution in [1.82, 2.24) is 4.90 Å². The molecule has 0 spiro atoms. The third-order valence-corrected chi connectivity index (χ3v) is 3.56. The Labute approximate surface area is 87.5 Å². The largest absolute Gasteiger partial charge is 0.338 e. The summed E-state index contributed by atoms with van der Waals surface area (Å²) in [6.45, 7) is 2.35. The van der Waals surface area contributed by atoms with Crippen LogP contribution in [0, 0.1) is 0 Å². The molecule has 0 bridgehead atoms. The van der Waals surface area contributed by atoms with Crippen molar-refractivity contribution < 1.29 is 4.79 Å². The maximum atomic E-state index is 11.9. The topological polar surface area (TPSA) is 46.3 Å². The second-order valence-corrected chi connectivity index (χ2v) is 4.64. The van der Waals surface area contributed by atoms with E-state index in [4.69, 9.17) is 5.73 Å². The van der Waals surface area contributed by atoms with E-state index in [2.05, 4.69) is 0 Å². The van der Waals surface area contributed by atoms with Gasteiger partial charge in [0.25, 0.3) is 5.91 Å². The van der Waals surface area contributed by atoms with E-state index in [1.807, 2.05) is 17.0 Å². The zero-order valence-electron chi connectivity index (χ0n) is 8.03. The number of thiophene rings is 1. The second kappa shape index (κ2) is 4.11. The summed E-state index contributed by atoms with van der Waals surface area (Å²) in [6, 6.07) is 3.82. The fourth-order valence-corrected chi connectivity index (χ4v) is 2.53. The monoisotopic (exact) mass is 210 g/mol. The minimum atomic E-state index is 0.173. The summed E-state index contributed by atoms with van der Waals surface area (Å²) < 4.78 is 0. The minimum absolute atomic E-state index is 0.173. The van der Waals surface area contributed by atoms with Gasteiger partial charge in [0.05, 0.1) is 4.88 Å². The Morgan fingerprint density at radius 3 is 2.71 bits per heavy atom. The van der Waals surface area contributed by atoms with E-state index in [-0.39, 0.29) is 5.91 Å². The van der Waals surface area contributed by atoms with Crippen LogP contribution >= 0.6 is 11.3 Å². The molecule has 1 aliphatic heterocycles. The molecule has 0 radical (unpaired) electrons. The lowest BCUT2D eigenvalue weighted by molar-refractivity contribution is 0.0797. The average Bonchev–Trinajstić information content (AvgIpc) is 2.88. The number of amides is 1. The number of likely N-dealkylation sites (tertiary alicyclic amines) is 1. The zero-order valence-corrected chi connectivity index (χ0v) is 8.85. The Morgan fingerprint density at radius 2 is 2.14 bits per heavy atom. The molecule has 2 rings (SSSR count). The quantitative estimate of drug-likeness (QED) is 0.803. The lowest BCUT2D eigenvalue weighted by Gasteiger charge is -2.13. The summed E-state index contributed by atoms with van der Waals surface area (Å²) in [5.74, 6) is 0.173. The third kappa shape index (κ3) is 1.81. The molecule has 1 aromatic heterocycles. The standard InChI is InChI=1S/C10H14N2OS/c11-7-8-3-4-9(14-8)10(13)12-5-1-2-6-12/h3-4H,1-2,5-7,11H2. The molecule has 0 saturated carbocycles. The maximum absolute atomic E-state index is 11.9. The first kappa shape index (κ1) is 9.68. The molecule has 14 heavy (non-hydrogen) atoms. The van der Waals surface area contributed by atoms with Gasteiger partial charge in [0.2, 0.25) is 0 Å². The first-order valence-corrected chi connectivity index (χ1v) is 5.71. The predicted octanol–water partition coefficient (Wildman–Crippen LogP) is 1.44. The van der Waals surface area contributed by atoms with Gasteiger partial charge in [0, 0.05) is 24.5 Å². The van der Waals surface area contributed by atoms with Crippen LogP contribution in [0.4, 0.5) is 0 Å². The molecule has 1 amide bonds. The van der Waals surface area contributed by atoms with Gasteiger partial charge in [0.15, 0.2) is 0 Å². The van der Waals surface area contributed by atoms with Gasteiger partial charge in [-0.1, -0.05) is 0 Å². The Balaban J connectivity index is 2.09. The summed E-state index contributed by atoms with van der Waals surface area (Å²) in [4.78, 5) is 15.7. The van der Waals surface area contributed by atoms with Crippen molar-refractivity contribution in [3.05, 3.63) is 21.9 Å². The molecular weight excluding hydrogens is 196 g/mol. The predicted molar refractivity (Wildman–Crippen MR) is 57.3 cm³/mol. The van der Waals surface area contributed by atoms with E-state index >= 15 is 0 Å². The second-order valence-electron chi connectivity index (χ2n) is 3.47. The Kier molecular flexibility index (Phi) is 2.84. The van der Waals surface area contributed by atoms with Gasteiger partial charge in [-0.05, 0) is 25.0 Å². The maximum Gasteiger partial charge on any atom is 0.263 e. The number of nitrogens with zero attached hydrogens (tertiary/aromatic N) is 1. The summed E-state index contributed by atoms with van der Waals surface area (Å²) in [7, 11) is 0. The summed E-state index contributed by atoms with van der Waals surface area (Å²) in [5.41, 5.74) is 5.50. The van der Waals surface area contributed by atoms with Crippen molar-refractivity contribution in [2.75, 3.05) is 13.1 Å². The van der Waals surface area contributed by atoms with E-state index in [0.29, 0.717) is 6.54 Å². The third-order valence-electron chi connectivity index (χ3n) is 2.47. The highest BCUT2D eigenvalue weighted by Crippen LogP contribution is 2.20. The fraction of sp³-hybridized carbons (Fsp3) is 0.500. The Morgan fingerprint density at radius 1 is 1.43 bits per heavy atom. The zero-order chi connectivity index (χ0) is 9.97. The van der Waals surface area contributed by atoms with Gasteiger partial charge < -0.3 is 10.6 Å². The van der Waals surface area contributed by atoms with Crippen molar-refractivity contribution in [2.45, 2.75) is 19.4 Å². The highest BCUT2D eigenvalue weighted by Gasteiger charge is 2.20. The molecule has 0 unspecified atom stereocenters. The molecule has 0 aromatic carbocycles. The van der Waals surface area contributed by atoms with Crippen LogP contribution in [-0.2, 0) is 6.54 Å². The van der Waals surface area contributed by atoms with E-state index in [0.717, 1.165) is 35.7 Å². The summed E-state index contributed by atoms with van der Waals surface area (Å²) in [6.07, 6.45) is 2.28. The number of carbonyl (C=O) groups is 1. The van der Waals surface area contributed by atoms with Crippen LogP contribution in [-0.4, -0.2) is 23.9 Å². The van der Waals surface area contributed by atoms with Crippen LogP contribution in [0.1, 0.15) is 27.4 Å². The lowest BCUT2D eigenvalue weighted by atomic mass is 10.4. The van der Waals surface area contributed by atoms with Crippen LogP contribution in [0.25, 0.3) is 0 Å². The molecule has 76 valence electrons. The van der Waals surface area contributed by atoms with Gasteiger partial charge in [-0.3, -0.25) is 4.79 Å². The van der Waals surface area contributed by atoms with Crippen LogP contribution in [0.5, 0.6) is 0 Å². The van der Waals surface area contributed by atoms with Gasteiger partial charge in [0.1, 0.15) is 0 Å².